The Morgan fingerprint density at radius 3 is 2.55 bits per heavy atom. The van der Waals surface area contributed by atoms with Crippen molar-refractivity contribution in [3.8, 4) is 0 Å². The summed E-state index contributed by atoms with van der Waals surface area (Å²) >= 11 is 10.3. The topological polar surface area (TPSA) is 0 Å². The van der Waals surface area contributed by atoms with Crippen molar-refractivity contribution >= 4 is 38.3 Å². The first-order chi connectivity index (χ1) is 9.74. The van der Waals surface area contributed by atoms with Crippen molar-refractivity contribution in [1.29, 1.82) is 0 Å². The maximum Gasteiger partial charge on any atom is 0.0596 e. The molecule has 20 heavy (non-hydrogen) atoms. The fourth-order valence-corrected chi connectivity index (χ4v) is 3.81. The molecule has 0 saturated heterocycles. The second-order valence-corrected chi connectivity index (χ2v) is 6.68. The lowest BCUT2D eigenvalue weighted by atomic mass is 10.0. The molecular weight excluding hydrogens is 332 g/mol. The molecule has 0 aromatic heterocycles. The molecule has 1 atom stereocenters. The highest BCUT2D eigenvalue weighted by Gasteiger charge is 2.13. The van der Waals surface area contributed by atoms with E-state index in [1.165, 1.54) is 48.4 Å². The highest BCUT2D eigenvalue weighted by molar-refractivity contribution is 9.10. The summed E-state index contributed by atoms with van der Waals surface area (Å²) in [6.45, 7) is 2.25. The van der Waals surface area contributed by atoms with Crippen LogP contribution in [0.5, 0.6) is 0 Å². The Morgan fingerprint density at radius 1 is 1.00 bits per heavy atom. The zero-order valence-electron chi connectivity index (χ0n) is 12.0. The fourth-order valence-electron chi connectivity index (χ4n) is 2.57. The van der Waals surface area contributed by atoms with E-state index in [0.29, 0.717) is 0 Å². The van der Waals surface area contributed by atoms with Crippen molar-refractivity contribution < 1.29 is 0 Å². The van der Waals surface area contributed by atoms with E-state index in [0.717, 1.165) is 10.9 Å². The van der Waals surface area contributed by atoms with E-state index in [-0.39, 0.29) is 5.38 Å². The number of alkyl halides is 1. The van der Waals surface area contributed by atoms with E-state index in [1.54, 1.807) is 0 Å². The minimum atomic E-state index is 0.107. The van der Waals surface area contributed by atoms with Crippen LogP contribution in [-0.2, 0) is 0 Å². The van der Waals surface area contributed by atoms with Crippen LogP contribution in [0, 0.1) is 0 Å². The standard InChI is InChI=1S/C18H22BrCl/c1-2-3-4-5-6-11-17(20)16-13-12-14-9-7-8-10-15(14)18(16)19/h7-10,12-13,17H,2-6,11H2,1H3. The van der Waals surface area contributed by atoms with Crippen LogP contribution in [0.1, 0.15) is 56.4 Å². The Kier molecular flexibility index (Phi) is 6.38. The van der Waals surface area contributed by atoms with Crippen molar-refractivity contribution in [3.05, 3.63) is 46.4 Å². The van der Waals surface area contributed by atoms with Crippen LogP contribution in [0.3, 0.4) is 0 Å². The molecule has 0 aliphatic rings. The Labute approximate surface area is 135 Å². The number of hydrogen-bond acceptors (Lipinski definition) is 0. The first kappa shape index (κ1) is 15.9. The van der Waals surface area contributed by atoms with E-state index >= 15 is 0 Å². The number of halogens is 2. The highest BCUT2D eigenvalue weighted by atomic mass is 79.9. The summed E-state index contributed by atoms with van der Waals surface area (Å²) in [6, 6.07) is 12.8. The molecule has 0 fully saturated rings. The number of benzene rings is 2. The van der Waals surface area contributed by atoms with Gasteiger partial charge in [0.25, 0.3) is 0 Å². The Morgan fingerprint density at radius 2 is 1.75 bits per heavy atom. The summed E-state index contributed by atoms with van der Waals surface area (Å²) in [6.07, 6.45) is 7.53. The smallest absolute Gasteiger partial charge is 0.0596 e. The van der Waals surface area contributed by atoms with E-state index < -0.39 is 0 Å². The van der Waals surface area contributed by atoms with E-state index in [4.69, 9.17) is 11.6 Å². The predicted molar refractivity (Wildman–Crippen MR) is 93.6 cm³/mol. The summed E-state index contributed by atoms with van der Waals surface area (Å²) < 4.78 is 1.16. The van der Waals surface area contributed by atoms with Crippen LogP contribution in [-0.4, -0.2) is 0 Å². The molecule has 2 rings (SSSR count). The third-order valence-corrected chi connectivity index (χ3v) is 5.13. The normalized spacial score (nSPS) is 12.8. The summed E-state index contributed by atoms with van der Waals surface area (Å²) in [5, 5.41) is 2.62. The van der Waals surface area contributed by atoms with E-state index in [2.05, 4.69) is 59.3 Å². The molecule has 0 saturated carbocycles. The van der Waals surface area contributed by atoms with Crippen LogP contribution in [0.15, 0.2) is 40.9 Å². The average molecular weight is 354 g/mol. The van der Waals surface area contributed by atoms with Gasteiger partial charge < -0.3 is 0 Å². The predicted octanol–water partition coefficient (Wildman–Crippen LogP) is 7.24. The number of fused-ring (bicyclic) bond motifs is 1. The van der Waals surface area contributed by atoms with Gasteiger partial charge >= 0.3 is 0 Å². The maximum absolute atomic E-state index is 6.59. The third-order valence-electron chi connectivity index (χ3n) is 3.79. The minimum absolute atomic E-state index is 0.107. The van der Waals surface area contributed by atoms with Crippen LogP contribution in [0.2, 0.25) is 0 Å². The van der Waals surface area contributed by atoms with Crippen molar-refractivity contribution in [3.63, 3.8) is 0 Å². The van der Waals surface area contributed by atoms with E-state index in [9.17, 15) is 0 Å². The van der Waals surface area contributed by atoms with Gasteiger partial charge in [-0.1, -0.05) is 75.4 Å². The molecule has 2 aromatic carbocycles. The maximum atomic E-state index is 6.59. The van der Waals surface area contributed by atoms with Crippen molar-refractivity contribution in [2.75, 3.05) is 0 Å². The second-order valence-electron chi connectivity index (χ2n) is 5.36. The Balaban J connectivity index is 2.03. The summed E-state index contributed by atoms with van der Waals surface area (Å²) in [5.41, 5.74) is 1.22. The molecule has 0 nitrogen and oxygen atoms in total. The summed E-state index contributed by atoms with van der Waals surface area (Å²) in [4.78, 5) is 0. The molecule has 0 bridgehead atoms. The number of hydrogen-bond donors (Lipinski definition) is 0. The van der Waals surface area contributed by atoms with Gasteiger partial charge in [-0.05, 0) is 38.7 Å². The first-order valence-electron chi connectivity index (χ1n) is 7.55. The molecule has 0 amide bonds. The van der Waals surface area contributed by atoms with Gasteiger partial charge in [0.2, 0.25) is 0 Å². The van der Waals surface area contributed by atoms with Crippen molar-refractivity contribution in [2.45, 2.75) is 50.8 Å². The van der Waals surface area contributed by atoms with Gasteiger partial charge in [0.05, 0.1) is 5.38 Å². The molecule has 0 aliphatic carbocycles. The average Bonchev–Trinajstić information content (AvgIpc) is 2.47. The van der Waals surface area contributed by atoms with Gasteiger partial charge in [0.1, 0.15) is 0 Å². The minimum Gasteiger partial charge on any atom is -0.118 e. The molecule has 0 radical (unpaired) electrons. The number of rotatable bonds is 7. The highest BCUT2D eigenvalue weighted by Crippen LogP contribution is 2.36. The Bertz CT molecular complexity index is 550. The number of unbranched alkanes of at least 4 members (excludes halogenated alkanes) is 4. The van der Waals surface area contributed by atoms with Crippen LogP contribution in [0.25, 0.3) is 10.8 Å². The lowest BCUT2D eigenvalue weighted by Crippen LogP contribution is -1.93. The van der Waals surface area contributed by atoms with Gasteiger partial charge in [-0.3, -0.25) is 0 Å². The second kappa shape index (κ2) is 8.05. The zero-order chi connectivity index (χ0) is 14.4. The zero-order valence-corrected chi connectivity index (χ0v) is 14.4. The van der Waals surface area contributed by atoms with Crippen LogP contribution >= 0.6 is 27.5 Å². The van der Waals surface area contributed by atoms with Crippen molar-refractivity contribution in [1.82, 2.24) is 0 Å². The molecule has 1 unspecified atom stereocenters. The summed E-state index contributed by atoms with van der Waals surface area (Å²) in [5.74, 6) is 0. The van der Waals surface area contributed by atoms with Gasteiger partial charge in [0, 0.05) is 4.47 Å². The molecule has 0 aliphatic heterocycles. The first-order valence-corrected chi connectivity index (χ1v) is 8.78. The monoisotopic (exact) mass is 352 g/mol. The molecule has 2 aromatic rings. The lowest BCUT2D eigenvalue weighted by molar-refractivity contribution is 0.601. The molecule has 0 spiro atoms. The van der Waals surface area contributed by atoms with Gasteiger partial charge in [0.15, 0.2) is 0 Å². The molecule has 108 valence electrons. The summed E-state index contributed by atoms with van der Waals surface area (Å²) in [7, 11) is 0. The quantitative estimate of drug-likeness (QED) is 0.363. The molecule has 0 N–H and O–H groups in total. The lowest BCUT2D eigenvalue weighted by Gasteiger charge is -2.13. The fraction of sp³-hybridized carbons (Fsp3) is 0.444. The molecular formula is C18H22BrCl. The SMILES string of the molecule is CCCCCCCC(Cl)c1ccc2ccccc2c1Br. The third kappa shape index (κ3) is 3.99. The van der Waals surface area contributed by atoms with Crippen molar-refractivity contribution in [2.24, 2.45) is 0 Å². The van der Waals surface area contributed by atoms with Crippen LogP contribution < -0.4 is 0 Å². The van der Waals surface area contributed by atoms with E-state index in [1.807, 2.05) is 0 Å². The molecule has 2 heteroatoms. The van der Waals surface area contributed by atoms with Gasteiger partial charge in [-0.2, -0.15) is 0 Å². The largest absolute Gasteiger partial charge is 0.118 e. The Hall–Kier alpha value is -0.530. The molecule has 0 heterocycles. The van der Waals surface area contributed by atoms with Gasteiger partial charge in [-0.15, -0.1) is 11.6 Å². The van der Waals surface area contributed by atoms with Crippen LogP contribution in [0.4, 0.5) is 0 Å². The van der Waals surface area contributed by atoms with Gasteiger partial charge in [-0.25, -0.2) is 0 Å².